The molecule has 2 rings (SSSR count). The summed E-state index contributed by atoms with van der Waals surface area (Å²) in [6.45, 7) is 4.94. The van der Waals surface area contributed by atoms with Gasteiger partial charge in [-0.3, -0.25) is 0 Å². The van der Waals surface area contributed by atoms with E-state index in [1.54, 1.807) is 18.5 Å². The number of thiophene rings is 1. The molecule has 1 aromatic heterocycles. The molecule has 0 aliphatic heterocycles. The van der Waals surface area contributed by atoms with Crippen molar-refractivity contribution in [3.05, 3.63) is 29.0 Å². The first kappa shape index (κ1) is 15.7. The number of unbranched alkanes of at least 4 members (excludes halogenated alkanes) is 1. The zero-order valence-corrected chi connectivity index (χ0v) is 13.5. The number of nitrogens with one attached hydrogen (secondary N) is 1. The van der Waals surface area contributed by atoms with Gasteiger partial charge in [-0.2, -0.15) is 0 Å². The first-order valence-electron chi connectivity index (χ1n) is 6.92. The molecule has 4 nitrogen and oxygen atoms in total. The molecular formula is C14H22N2O2S2. The van der Waals surface area contributed by atoms with Crippen molar-refractivity contribution in [3.63, 3.8) is 0 Å². The lowest BCUT2D eigenvalue weighted by molar-refractivity contribution is 0.463. The molecule has 0 atom stereocenters. The summed E-state index contributed by atoms with van der Waals surface area (Å²) in [7, 11) is -1.70. The Morgan fingerprint density at radius 3 is 2.95 bits per heavy atom. The Morgan fingerprint density at radius 2 is 2.30 bits per heavy atom. The lowest BCUT2D eigenvalue weighted by Gasteiger charge is -2.15. The van der Waals surface area contributed by atoms with E-state index in [1.165, 1.54) is 28.5 Å². The van der Waals surface area contributed by atoms with E-state index in [0.717, 1.165) is 24.3 Å². The van der Waals surface area contributed by atoms with Crippen molar-refractivity contribution in [2.24, 2.45) is 0 Å². The van der Waals surface area contributed by atoms with Crippen molar-refractivity contribution < 1.29 is 8.42 Å². The van der Waals surface area contributed by atoms with Crippen LogP contribution >= 0.6 is 11.3 Å². The van der Waals surface area contributed by atoms with Crippen molar-refractivity contribution >= 4 is 21.4 Å². The Hall–Kier alpha value is -0.690. The van der Waals surface area contributed by atoms with Crippen molar-refractivity contribution in [3.8, 4) is 0 Å². The summed E-state index contributed by atoms with van der Waals surface area (Å²) >= 11 is 1.51. The normalized spacial score (nSPS) is 15.7. The van der Waals surface area contributed by atoms with Gasteiger partial charge in [-0.05, 0) is 31.7 Å². The highest BCUT2D eigenvalue weighted by atomic mass is 32.2. The van der Waals surface area contributed by atoms with Crippen LogP contribution in [0.2, 0.25) is 0 Å². The van der Waals surface area contributed by atoms with Crippen LogP contribution in [0.3, 0.4) is 0 Å². The maximum Gasteiger partial charge on any atom is 0.243 e. The van der Waals surface area contributed by atoms with Crippen LogP contribution in [0, 0.1) is 0 Å². The van der Waals surface area contributed by atoms with E-state index in [4.69, 9.17) is 0 Å². The molecule has 0 unspecified atom stereocenters. The van der Waals surface area contributed by atoms with E-state index in [1.807, 2.05) is 6.08 Å². The van der Waals surface area contributed by atoms with Crippen LogP contribution in [-0.2, 0) is 16.6 Å². The van der Waals surface area contributed by atoms with Crippen molar-refractivity contribution in [1.82, 2.24) is 9.62 Å². The van der Waals surface area contributed by atoms with Gasteiger partial charge >= 0.3 is 0 Å². The van der Waals surface area contributed by atoms with E-state index in [2.05, 4.69) is 11.9 Å². The van der Waals surface area contributed by atoms with Crippen LogP contribution in [-0.4, -0.2) is 32.4 Å². The number of nitrogens with zero attached hydrogens (tertiary/aromatic N) is 1. The van der Waals surface area contributed by atoms with Gasteiger partial charge in [0.1, 0.15) is 0 Å². The highest BCUT2D eigenvalue weighted by molar-refractivity contribution is 7.89. The molecule has 112 valence electrons. The van der Waals surface area contributed by atoms with E-state index < -0.39 is 10.0 Å². The minimum absolute atomic E-state index is 0.413. The fraction of sp³-hybridized carbons (Fsp3) is 0.571. The van der Waals surface area contributed by atoms with Gasteiger partial charge in [0.2, 0.25) is 10.0 Å². The molecule has 0 aromatic carbocycles. The summed E-state index contributed by atoms with van der Waals surface area (Å²) in [6.07, 6.45) is 5.93. The first-order valence-corrected chi connectivity index (χ1v) is 9.24. The molecule has 6 heteroatoms. The Labute approximate surface area is 125 Å². The van der Waals surface area contributed by atoms with Gasteiger partial charge in [-0.15, -0.1) is 17.9 Å². The van der Waals surface area contributed by atoms with Gasteiger partial charge < -0.3 is 5.32 Å². The average molecular weight is 314 g/mol. The molecule has 1 aromatic rings. The summed E-state index contributed by atoms with van der Waals surface area (Å²) < 4.78 is 26.2. The monoisotopic (exact) mass is 314 g/mol. The summed E-state index contributed by atoms with van der Waals surface area (Å²) in [5.41, 5.74) is 0. The predicted molar refractivity (Wildman–Crippen MR) is 83.4 cm³/mol. The zero-order valence-electron chi connectivity index (χ0n) is 11.8. The highest BCUT2D eigenvalue weighted by Gasteiger charge is 2.23. The van der Waals surface area contributed by atoms with Gasteiger partial charge in [0.15, 0.2) is 0 Å². The Balaban J connectivity index is 1.95. The minimum atomic E-state index is -3.34. The van der Waals surface area contributed by atoms with Gasteiger partial charge in [0.05, 0.1) is 4.90 Å². The fourth-order valence-electron chi connectivity index (χ4n) is 1.88. The number of sulfonamides is 1. The first-order chi connectivity index (χ1) is 9.54. The number of rotatable bonds is 9. The molecule has 1 heterocycles. The zero-order chi connectivity index (χ0) is 14.6. The Morgan fingerprint density at radius 1 is 1.55 bits per heavy atom. The Kier molecular flexibility index (Phi) is 5.37. The molecule has 1 fully saturated rings. The lowest BCUT2D eigenvalue weighted by atomic mass is 10.3. The number of hydrogen-bond acceptors (Lipinski definition) is 4. The van der Waals surface area contributed by atoms with Gasteiger partial charge in [-0.1, -0.05) is 6.08 Å². The second-order valence-electron chi connectivity index (χ2n) is 5.16. The summed E-state index contributed by atoms with van der Waals surface area (Å²) in [4.78, 5) is 1.49. The SMILES string of the molecule is C=CCCCN(C)S(=O)(=O)c1csc(CNC2CC2)c1. The van der Waals surface area contributed by atoms with Crippen LogP contribution in [0.25, 0.3) is 0 Å². The largest absolute Gasteiger partial charge is 0.309 e. The Bertz CT molecular complexity index is 547. The average Bonchev–Trinajstić information content (AvgIpc) is 3.12. The van der Waals surface area contributed by atoms with Gasteiger partial charge in [-0.25, -0.2) is 12.7 Å². The third-order valence-corrected chi connectivity index (χ3v) is 6.28. The van der Waals surface area contributed by atoms with Crippen molar-refractivity contribution in [1.29, 1.82) is 0 Å². The fourth-order valence-corrected chi connectivity index (χ4v) is 4.30. The summed E-state index contributed by atoms with van der Waals surface area (Å²) in [5.74, 6) is 0. The van der Waals surface area contributed by atoms with Gasteiger partial charge in [0, 0.05) is 36.4 Å². The van der Waals surface area contributed by atoms with E-state index >= 15 is 0 Å². The van der Waals surface area contributed by atoms with Crippen LogP contribution in [0.1, 0.15) is 30.6 Å². The molecule has 1 saturated carbocycles. The molecule has 0 spiro atoms. The molecule has 0 radical (unpaired) electrons. The van der Waals surface area contributed by atoms with Gasteiger partial charge in [0.25, 0.3) is 0 Å². The second-order valence-corrected chi connectivity index (χ2v) is 8.20. The molecule has 0 amide bonds. The topological polar surface area (TPSA) is 49.4 Å². The quantitative estimate of drug-likeness (QED) is 0.563. The number of allylic oxidation sites excluding steroid dienone is 1. The maximum absolute atomic E-state index is 12.4. The minimum Gasteiger partial charge on any atom is -0.309 e. The second kappa shape index (κ2) is 6.85. The van der Waals surface area contributed by atoms with Crippen molar-refractivity contribution in [2.45, 2.75) is 43.2 Å². The van der Waals surface area contributed by atoms with E-state index in [-0.39, 0.29) is 0 Å². The maximum atomic E-state index is 12.4. The van der Waals surface area contributed by atoms with Crippen LogP contribution in [0.4, 0.5) is 0 Å². The smallest absolute Gasteiger partial charge is 0.243 e. The standard InChI is InChI=1S/C14H22N2O2S2/c1-3-4-5-8-16(2)20(17,18)14-9-13(19-11-14)10-15-12-6-7-12/h3,9,11-12,15H,1,4-8,10H2,2H3. The predicted octanol–water partition coefficient (Wildman–Crippen LogP) is 2.59. The third kappa shape index (κ3) is 4.15. The van der Waals surface area contributed by atoms with Crippen LogP contribution in [0.15, 0.2) is 29.0 Å². The lowest BCUT2D eigenvalue weighted by Crippen LogP contribution is -2.27. The van der Waals surface area contributed by atoms with E-state index in [0.29, 0.717) is 17.5 Å². The number of hydrogen-bond donors (Lipinski definition) is 1. The van der Waals surface area contributed by atoms with E-state index in [9.17, 15) is 8.42 Å². The summed E-state index contributed by atoms with van der Waals surface area (Å²) in [5, 5.41) is 5.14. The van der Waals surface area contributed by atoms with Crippen LogP contribution < -0.4 is 5.32 Å². The van der Waals surface area contributed by atoms with Crippen molar-refractivity contribution in [2.75, 3.05) is 13.6 Å². The summed E-state index contributed by atoms with van der Waals surface area (Å²) in [6, 6.07) is 2.43. The molecular weight excluding hydrogens is 292 g/mol. The third-order valence-electron chi connectivity index (χ3n) is 3.36. The highest BCUT2D eigenvalue weighted by Crippen LogP contribution is 2.24. The molecule has 1 N–H and O–H groups in total. The molecule has 1 aliphatic rings. The molecule has 1 aliphatic carbocycles. The molecule has 20 heavy (non-hydrogen) atoms. The molecule has 0 saturated heterocycles. The molecule has 0 bridgehead atoms. The van der Waals surface area contributed by atoms with Crippen LogP contribution in [0.5, 0.6) is 0 Å².